The van der Waals surface area contributed by atoms with Crippen LogP contribution in [0.4, 0.5) is 0 Å². The van der Waals surface area contributed by atoms with Crippen LogP contribution in [-0.2, 0) is 9.47 Å². The molecule has 0 bridgehead atoms. The minimum atomic E-state index is -5.36. The summed E-state index contributed by atoms with van der Waals surface area (Å²) >= 11 is 0. The molecule has 1 rings (SSSR count). The number of aliphatic hydroxyl groups is 2. The Morgan fingerprint density at radius 1 is 0.568 bits per heavy atom. The van der Waals surface area contributed by atoms with Gasteiger partial charge < -0.3 is 0 Å². The Bertz CT molecular complexity index is 771. The summed E-state index contributed by atoms with van der Waals surface area (Å²) in [5.74, 6) is 0. The third kappa shape index (κ3) is 22.8. The van der Waals surface area contributed by atoms with E-state index in [-0.39, 0.29) is 6.61 Å². The SMILES string of the molecule is CCCCCCCCCCCCOCC(O)CP(O)(O)(O)CC(O)C(OCCCCCCCCCCCC)c1ccccc1. The van der Waals surface area contributed by atoms with Gasteiger partial charge >= 0.3 is 218 Å². The van der Waals surface area contributed by atoms with Crippen LogP contribution in [0.5, 0.6) is 0 Å². The predicted molar refractivity (Wildman–Crippen MR) is 185 cm³/mol. The van der Waals surface area contributed by atoms with E-state index in [0.29, 0.717) is 18.8 Å². The average molecular weight is 645 g/mol. The maximum atomic E-state index is 11.0. The van der Waals surface area contributed by atoms with E-state index in [2.05, 4.69) is 13.8 Å². The molecule has 0 fully saturated rings. The van der Waals surface area contributed by atoms with E-state index >= 15 is 0 Å². The van der Waals surface area contributed by atoms with Crippen molar-refractivity contribution < 1.29 is 34.4 Å². The number of unbranched alkanes of at least 4 members (excludes halogenated alkanes) is 18. The fourth-order valence-electron chi connectivity index (χ4n) is 5.82. The van der Waals surface area contributed by atoms with Gasteiger partial charge in [0.1, 0.15) is 0 Å². The first-order chi connectivity index (χ1) is 21.2. The van der Waals surface area contributed by atoms with Gasteiger partial charge in [0.25, 0.3) is 0 Å². The van der Waals surface area contributed by atoms with Crippen molar-refractivity contribution in [2.45, 2.75) is 161 Å². The number of ether oxygens (including phenoxy) is 2. The van der Waals surface area contributed by atoms with Crippen LogP contribution in [-0.4, -0.2) is 69.2 Å². The van der Waals surface area contributed by atoms with Gasteiger partial charge in [-0.1, -0.05) is 52.4 Å². The van der Waals surface area contributed by atoms with Gasteiger partial charge in [-0.2, -0.15) is 0 Å². The summed E-state index contributed by atoms with van der Waals surface area (Å²) in [6.45, 7) is 5.29. The molecule has 0 aliphatic carbocycles. The Balaban J connectivity index is 2.37. The summed E-state index contributed by atoms with van der Waals surface area (Å²) in [7, 11) is -5.36. The van der Waals surface area contributed by atoms with Crippen LogP contribution < -0.4 is 0 Å². The fourth-order valence-corrected chi connectivity index (χ4v) is 7.90. The second-order valence-electron chi connectivity index (χ2n) is 13.1. The third-order valence-corrected chi connectivity index (χ3v) is 10.7. The molecule has 1 aromatic carbocycles. The molecule has 0 saturated heterocycles. The summed E-state index contributed by atoms with van der Waals surface area (Å²) in [6.07, 6.45) is 19.6. The zero-order chi connectivity index (χ0) is 32.4. The molecule has 0 spiro atoms. The quantitative estimate of drug-likeness (QED) is 0.0406. The Labute approximate surface area is 270 Å². The fraction of sp³-hybridized carbons (Fsp3) is 0.833. The van der Waals surface area contributed by atoms with Gasteiger partial charge in [-0.3, -0.25) is 0 Å². The van der Waals surface area contributed by atoms with Gasteiger partial charge in [0.05, 0.1) is 0 Å². The molecule has 1 aromatic rings. The first-order valence-corrected chi connectivity index (χ1v) is 20.5. The van der Waals surface area contributed by atoms with Crippen LogP contribution in [0.1, 0.15) is 154 Å². The van der Waals surface area contributed by atoms with E-state index in [1.54, 1.807) is 0 Å². The van der Waals surface area contributed by atoms with E-state index in [1.165, 1.54) is 96.3 Å². The molecular formula is C36H69O7P. The molecule has 3 unspecified atom stereocenters. The minimum absolute atomic E-state index is 0.0928. The molecule has 0 aliphatic heterocycles. The van der Waals surface area contributed by atoms with Crippen molar-refractivity contribution in [3.8, 4) is 0 Å². The van der Waals surface area contributed by atoms with Gasteiger partial charge in [-0.25, -0.2) is 0 Å². The van der Waals surface area contributed by atoms with Crippen molar-refractivity contribution in [3.05, 3.63) is 35.9 Å². The Morgan fingerprint density at radius 3 is 1.48 bits per heavy atom. The molecule has 0 radical (unpaired) electrons. The molecule has 0 amide bonds. The van der Waals surface area contributed by atoms with Crippen LogP contribution in [0.2, 0.25) is 0 Å². The molecule has 44 heavy (non-hydrogen) atoms. The van der Waals surface area contributed by atoms with Crippen LogP contribution >= 0.6 is 7.28 Å². The molecule has 0 heterocycles. The monoisotopic (exact) mass is 644 g/mol. The van der Waals surface area contributed by atoms with Crippen molar-refractivity contribution in [1.29, 1.82) is 0 Å². The number of rotatable bonds is 31. The van der Waals surface area contributed by atoms with Gasteiger partial charge in [0, 0.05) is 0 Å². The van der Waals surface area contributed by atoms with Gasteiger partial charge in [0.2, 0.25) is 0 Å². The predicted octanol–water partition coefficient (Wildman–Crippen LogP) is 8.60. The van der Waals surface area contributed by atoms with E-state index < -0.39 is 37.9 Å². The van der Waals surface area contributed by atoms with Gasteiger partial charge in [-0.05, 0) is 0 Å². The number of benzene rings is 1. The second kappa shape index (κ2) is 25.5. The Morgan fingerprint density at radius 2 is 1.00 bits per heavy atom. The van der Waals surface area contributed by atoms with Crippen molar-refractivity contribution in [2.75, 3.05) is 32.1 Å². The average Bonchev–Trinajstić information content (AvgIpc) is 2.97. The first kappa shape index (κ1) is 41.4. The normalized spacial score (nSPS) is 15.1. The summed E-state index contributed by atoms with van der Waals surface area (Å²) in [5, 5.41) is 21.5. The molecule has 5 N–H and O–H groups in total. The first-order valence-electron chi connectivity index (χ1n) is 18.0. The molecule has 0 aliphatic rings. The van der Waals surface area contributed by atoms with Crippen LogP contribution in [0.25, 0.3) is 0 Å². The number of aliphatic hydroxyl groups excluding tert-OH is 2. The van der Waals surface area contributed by atoms with Crippen LogP contribution in [0.15, 0.2) is 30.3 Å². The molecule has 0 aromatic heterocycles. The van der Waals surface area contributed by atoms with E-state index in [0.717, 1.165) is 32.1 Å². The summed E-state index contributed by atoms with van der Waals surface area (Å²) in [5.41, 5.74) is 0.708. The van der Waals surface area contributed by atoms with Crippen molar-refractivity contribution >= 4 is 7.28 Å². The van der Waals surface area contributed by atoms with Crippen LogP contribution in [0.3, 0.4) is 0 Å². The third-order valence-electron chi connectivity index (χ3n) is 8.37. The Kier molecular flexibility index (Phi) is 24.0. The summed E-state index contributed by atoms with van der Waals surface area (Å²) in [4.78, 5) is 32.3. The topological polar surface area (TPSA) is 120 Å². The zero-order valence-electron chi connectivity index (χ0n) is 28.3. The van der Waals surface area contributed by atoms with E-state index in [1.807, 2.05) is 30.3 Å². The Hall–Kier alpha value is -0.630. The second-order valence-corrected chi connectivity index (χ2v) is 16.5. The maximum absolute atomic E-state index is 11.0. The van der Waals surface area contributed by atoms with Crippen LogP contribution in [0, 0.1) is 0 Å². The van der Waals surface area contributed by atoms with E-state index in [9.17, 15) is 24.9 Å². The zero-order valence-corrected chi connectivity index (χ0v) is 29.2. The molecule has 8 heteroatoms. The van der Waals surface area contributed by atoms with Crippen molar-refractivity contribution in [2.24, 2.45) is 0 Å². The molecule has 3 atom stereocenters. The summed E-state index contributed by atoms with van der Waals surface area (Å²) < 4.78 is 11.6. The number of hydrogen-bond acceptors (Lipinski definition) is 7. The number of hydrogen-bond donors (Lipinski definition) is 5. The molecule has 260 valence electrons. The standard InChI is InChI=1S/C36H69O7P/c1-3-5-7-9-11-13-15-17-19-24-28-42-30-34(37)31-44(39,40,41)32-35(38)36(33-26-22-21-23-27-33)43-29-25-20-18-16-14-12-10-8-6-4-2/h21-23,26-27,34-41H,3-20,24-25,28-32H2,1-2H3. The van der Waals surface area contributed by atoms with Gasteiger partial charge in [-0.15, -0.1) is 0 Å². The van der Waals surface area contributed by atoms with Crippen molar-refractivity contribution in [1.82, 2.24) is 0 Å². The molecule has 0 saturated carbocycles. The molecular weight excluding hydrogens is 575 g/mol. The van der Waals surface area contributed by atoms with Gasteiger partial charge in [0.15, 0.2) is 0 Å². The van der Waals surface area contributed by atoms with Crippen molar-refractivity contribution in [3.63, 3.8) is 0 Å². The van der Waals surface area contributed by atoms with E-state index in [4.69, 9.17) is 9.47 Å². The molecule has 7 nitrogen and oxygen atoms in total. The summed E-state index contributed by atoms with van der Waals surface area (Å²) in [6, 6.07) is 9.19.